The van der Waals surface area contributed by atoms with Gasteiger partial charge in [-0.25, -0.2) is 0 Å². The normalized spacial score (nSPS) is 16.2. The SMILES string of the molecule is COc1cc(CNC(=O)C2CCCN(Cc3nc(-c4ccc(Cl)cc4Cl)no3)C2)ccc1OC(C)C. The lowest BCUT2D eigenvalue weighted by Gasteiger charge is -2.30. The number of likely N-dealkylation sites (tertiary alicyclic amines) is 1. The van der Waals surface area contributed by atoms with Gasteiger partial charge in [0, 0.05) is 23.7 Å². The summed E-state index contributed by atoms with van der Waals surface area (Å²) in [4.78, 5) is 19.6. The number of nitrogens with zero attached hydrogens (tertiary/aromatic N) is 3. The lowest BCUT2D eigenvalue weighted by molar-refractivity contribution is -0.127. The third kappa shape index (κ3) is 6.69. The van der Waals surface area contributed by atoms with Crippen molar-refractivity contribution < 1.29 is 18.8 Å². The number of aromatic nitrogens is 2. The fourth-order valence-electron chi connectivity index (χ4n) is 4.21. The third-order valence-electron chi connectivity index (χ3n) is 5.93. The highest BCUT2D eigenvalue weighted by atomic mass is 35.5. The number of amides is 1. The summed E-state index contributed by atoms with van der Waals surface area (Å²) in [5.74, 6) is 2.15. The Kier molecular flexibility index (Phi) is 8.72. The first-order valence-corrected chi connectivity index (χ1v) is 12.7. The molecule has 1 atom stereocenters. The molecule has 0 aliphatic carbocycles. The third-order valence-corrected chi connectivity index (χ3v) is 6.48. The maximum Gasteiger partial charge on any atom is 0.241 e. The quantitative estimate of drug-likeness (QED) is 0.396. The average Bonchev–Trinajstić information content (AvgIpc) is 3.31. The number of piperidine rings is 1. The minimum Gasteiger partial charge on any atom is -0.493 e. The van der Waals surface area contributed by atoms with Gasteiger partial charge in [0.25, 0.3) is 0 Å². The van der Waals surface area contributed by atoms with Gasteiger partial charge in [0.1, 0.15) is 0 Å². The van der Waals surface area contributed by atoms with Crippen LogP contribution >= 0.6 is 23.2 Å². The molecule has 1 unspecified atom stereocenters. The van der Waals surface area contributed by atoms with Crippen LogP contribution in [0, 0.1) is 5.92 Å². The van der Waals surface area contributed by atoms with E-state index in [0.717, 1.165) is 24.9 Å². The van der Waals surface area contributed by atoms with Gasteiger partial charge >= 0.3 is 0 Å². The number of methoxy groups -OCH3 is 1. The van der Waals surface area contributed by atoms with Crippen molar-refractivity contribution >= 4 is 29.1 Å². The van der Waals surface area contributed by atoms with E-state index in [2.05, 4.69) is 20.4 Å². The fraction of sp³-hybridized carbons (Fsp3) is 0.423. The van der Waals surface area contributed by atoms with E-state index < -0.39 is 0 Å². The zero-order chi connectivity index (χ0) is 25.7. The monoisotopic (exact) mass is 532 g/mol. The standard InChI is InChI=1S/C26H30Cl2N4O4/c1-16(2)35-22-9-6-17(11-23(22)34-3)13-29-26(33)18-5-4-10-32(14-18)15-24-30-25(31-36-24)20-8-7-19(27)12-21(20)28/h6-9,11-12,16,18H,4-5,10,13-15H2,1-3H3,(H,29,33). The van der Waals surface area contributed by atoms with Crippen molar-refractivity contribution in [2.45, 2.75) is 45.9 Å². The maximum absolute atomic E-state index is 12.9. The van der Waals surface area contributed by atoms with Crippen LogP contribution in [0.3, 0.4) is 0 Å². The minimum absolute atomic E-state index is 0.0281. The van der Waals surface area contributed by atoms with Gasteiger partial charge in [-0.3, -0.25) is 9.69 Å². The molecule has 8 nitrogen and oxygen atoms in total. The lowest BCUT2D eigenvalue weighted by Crippen LogP contribution is -2.42. The van der Waals surface area contributed by atoms with E-state index in [1.54, 1.807) is 25.3 Å². The molecule has 1 saturated heterocycles. The van der Waals surface area contributed by atoms with Gasteiger partial charge in [-0.05, 0) is 69.1 Å². The van der Waals surface area contributed by atoms with E-state index in [0.29, 0.717) is 58.5 Å². The molecule has 1 aliphatic rings. The molecular weight excluding hydrogens is 503 g/mol. The maximum atomic E-state index is 12.9. The van der Waals surface area contributed by atoms with Crippen LogP contribution in [0.2, 0.25) is 10.0 Å². The van der Waals surface area contributed by atoms with Crippen LogP contribution in [0.5, 0.6) is 11.5 Å². The van der Waals surface area contributed by atoms with E-state index in [4.69, 9.17) is 37.2 Å². The molecule has 0 spiro atoms. The Labute approximate surface area is 220 Å². The molecule has 2 aromatic carbocycles. The largest absolute Gasteiger partial charge is 0.493 e. The second kappa shape index (κ2) is 12.0. The Balaban J connectivity index is 1.32. The molecule has 1 N–H and O–H groups in total. The van der Waals surface area contributed by atoms with E-state index in [9.17, 15) is 4.79 Å². The number of carbonyl (C=O) groups is 1. The molecule has 1 fully saturated rings. The lowest BCUT2D eigenvalue weighted by atomic mass is 9.97. The molecule has 0 saturated carbocycles. The summed E-state index contributed by atoms with van der Waals surface area (Å²) in [7, 11) is 1.61. The van der Waals surface area contributed by atoms with Crippen LogP contribution in [0.1, 0.15) is 38.1 Å². The van der Waals surface area contributed by atoms with Crippen LogP contribution in [0.4, 0.5) is 0 Å². The Bertz CT molecular complexity index is 1200. The summed E-state index contributed by atoms with van der Waals surface area (Å²) >= 11 is 12.2. The molecule has 0 bridgehead atoms. The van der Waals surface area contributed by atoms with Crippen molar-refractivity contribution in [3.63, 3.8) is 0 Å². The number of carbonyl (C=O) groups excluding carboxylic acids is 1. The Morgan fingerprint density at radius 3 is 2.81 bits per heavy atom. The molecule has 2 heterocycles. The molecule has 1 aliphatic heterocycles. The second-order valence-electron chi connectivity index (χ2n) is 9.08. The molecule has 0 radical (unpaired) electrons. The summed E-state index contributed by atoms with van der Waals surface area (Å²) in [6.45, 7) is 6.30. The molecule has 1 amide bonds. The number of ether oxygens (including phenoxy) is 2. The number of nitrogens with one attached hydrogen (secondary N) is 1. The Morgan fingerprint density at radius 1 is 1.22 bits per heavy atom. The summed E-state index contributed by atoms with van der Waals surface area (Å²) in [5.41, 5.74) is 1.61. The van der Waals surface area contributed by atoms with Crippen LogP contribution in [-0.4, -0.2) is 47.3 Å². The summed E-state index contributed by atoms with van der Waals surface area (Å²) in [6.07, 6.45) is 1.80. The van der Waals surface area contributed by atoms with Gasteiger partial charge in [0.15, 0.2) is 11.5 Å². The zero-order valence-corrected chi connectivity index (χ0v) is 22.1. The first kappa shape index (κ1) is 26.3. The van der Waals surface area contributed by atoms with E-state index in [-0.39, 0.29) is 17.9 Å². The number of halogens is 2. The number of benzene rings is 2. The summed E-state index contributed by atoms with van der Waals surface area (Å²) < 4.78 is 16.7. The van der Waals surface area contributed by atoms with Crippen molar-refractivity contribution in [3.8, 4) is 22.9 Å². The first-order chi connectivity index (χ1) is 17.3. The zero-order valence-electron chi connectivity index (χ0n) is 20.6. The minimum atomic E-state index is -0.114. The molecule has 10 heteroatoms. The average molecular weight is 533 g/mol. The van der Waals surface area contributed by atoms with E-state index in [1.165, 1.54) is 0 Å². The van der Waals surface area contributed by atoms with Gasteiger partial charge in [-0.1, -0.05) is 34.4 Å². The van der Waals surface area contributed by atoms with Crippen molar-refractivity contribution in [2.24, 2.45) is 5.92 Å². The van der Waals surface area contributed by atoms with Crippen molar-refractivity contribution in [1.82, 2.24) is 20.4 Å². The van der Waals surface area contributed by atoms with Gasteiger partial charge in [0.05, 0.1) is 30.7 Å². The first-order valence-electron chi connectivity index (χ1n) is 11.9. The van der Waals surface area contributed by atoms with Gasteiger partial charge < -0.3 is 19.3 Å². The number of hydrogen-bond donors (Lipinski definition) is 1. The van der Waals surface area contributed by atoms with E-state index in [1.807, 2.05) is 32.0 Å². The molecular formula is C26H30Cl2N4O4. The summed E-state index contributed by atoms with van der Waals surface area (Å²) in [6, 6.07) is 10.8. The summed E-state index contributed by atoms with van der Waals surface area (Å²) in [5, 5.41) is 8.12. The van der Waals surface area contributed by atoms with Crippen molar-refractivity contribution in [3.05, 3.63) is 57.9 Å². The molecule has 1 aromatic heterocycles. The predicted molar refractivity (Wildman–Crippen MR) is 138 cm³/mol. The van der Waals surface area contributed by atoms with E-state index >= 15 is 0 Å². The van der Waals surface area contributed by atoms with Gasteiger partial charge in [0.2, 0.25) is 17.6 Å². The Hall–Kier alpha value is -2.81. The highest BCUT2D eigenvalue weighted by Gasteiger charge is 2.27. The second-order valence-corrected chi connectivity index (χ2v) is 9.92. The van der Waals surface area contributed by atoms with Crippen LogP contribution < -0.4 is 14.8 Å². The highest BCUT2D eigenvalue weighted by Crippen LogP contribution is 2.30. The smallest absolute Gasteiger partial charge is 0.241 e. The fourth-order valence-corrected chi connectivity index (χ4v) is 4.70. The van der Waals surface area contributed by atoms with Gasteiger partial charge in [-0.15, -0.1) is 0 Å². The molecule has 192 valence electrons. The topological polar surface area (TPSA) is 89.7 Å². The van der Waals surface area contributed by atoms with Crippen LogP contribution in [0.15, 0.2) is 40.9 Å². The van der Waals surface area contributed by atoms with Crippen LogP contribution in [-0.2, 0) is 17.9 Å². The molecule has 3 aromatic rings. The van der Waals surface area contributed by atoms with Crippen molar-refractivity contribution in [2.75, 3.05) is 20.2 Å². The highest BCUT2D eigenvalue weighted by molar-refractivity contribution is 6.36. The number of rotatable bonds is 9. The van der Waals surface area contributed by atoms with Crippen molar-refractivity contribution in [1.29, 1.82) is 0 Å². The molecule has 4 rings (SSSR count). The van der Waals surface area contributed by atoms with Gasteiger partial charge in [-0.2, -0.15) is 4.98 Å². The number of hydrogen-bond acceptors (Lipinski definition) is 7. The Morgan fingerprint density at radius 2 is 2.06 bits per heavy atom. The van der Waals surface area contributed by atoms with Crippen LogP contribution in [0.25, 0.3) is 11.4 Å². The molecule has 36 heavy (non-hydrogen) atoms. The predicted octanol–water partition coefficient (Wildman–Crippen LogP) is 5.37.